The van der Waals surface area contributed by atoms with Gasteiger partial charge in [-0.15, -0.1) is 11.3 Å². The topological polar surface area (TPSA) is 49.8 Å². The minimum absolute atomic E-state index is 0.283. The second-order valence-corrected chi connectivity index (χ2v) is 6.71. The van der Waals surface area contributed by atoms with Crippen LogP contribution in [0.15, 0.2) is 35.7 Å². The van der Waals surface area contributed by atoms with Gasteiger partial charge >= 0.3 is 5.97 Å². The van der Waals surface area contributed by atoms with Crippen LogP contribution in [0.1, 0.15) is 32.8 Å². The van der Waals surface area contributed by atoms with Crippen LogP contribution in [0.4, 0.5) is 0 Å². The lowest BCUT2D eigenvalue weighted by atomic mass is 9.98. The van der Waals surface area contributed by atoms with Crippen molar-refractivity contribution in [1.29, 1.82) is 0 Å². The molecule has 4 nitrogen and oxygen atoms in total. The lowest BCUT2D eigenvalue weighted by Gasteiger charge is -2.12. The van der Waals surface area contributed by atoms with Gasteiger partial charge in [-0.1, -0.05) is 6.08 Å². The van der Waals surface area contributed by atoms with Crippen molar-refractivity contribution in [1.82, 2.24) is 4.90 Å². The van der Waals surface area contributed by atoms with Crippen LogP contribution >= 0.6 is 11.3 Å². The molecule has 0 bridgehead atoms. The van der Waals surface area contributed by atoms with Gasteiger partial charge in [0.1, 0.15) is 12.4 Å². The van der Waals surface area contributed by atoms with Crippen LogP contribution in [0, 0.1) is 0 Å². The van der Waals surface area contributed by atoms with Gasteiger partial charge in [0.05, 0.1) is 5.56 Å². The summed E-state index contributed by atoms with van der Waals surface area (Å²) in [6.07, 6.45) is 3.09. The summed E-state index contributed by atoms with van der Waals surface area (Å²) in [4.78, 5) is 14.6. The molecule has 1 aliphatic heterocycles. The smallest absolute Gasteiger partial charge is 0.335 e. The van der Waals surface area contributed by atoms with E-state index in [0.29, 0.717) is 6.61 Å². The summed E-state index contributed by atoms with van der Waals surface area (Å²) >= 11 is 1.67. The number of hydrogen-bond donors (Lipinski definition) is 1. The first-order chi connectivity index (χ1) is 11.1. The van der Waals surface area contributed by atoms with Crippen molar-refractivity contribution in [3.63, 3.8) is 0 Å². The molecule has 0 aliphatic carbocycles. The minimum atomic E-state index is -0.920. The number of carbonyl (C=O) groups is 1. The Bertz CT molecular complexity index is 761. The lowest BCUT2D eigenvalue weighted by molar-refractivity contribution is 0.0697. The van der Waals surface area contributed by atoms with Gasteiger partial charge in [-0.25, -0.2) is 4.79 Å². The molecule has 120 valence electrons. The second kappa shape index (κ2) is 6.56. The molecule has 1 aromatic carbocycles. The summed E-state index contributed by atoms with van der Waals surface area (Å²) in [6.45, 7) is 1.46. The molecular formula is C18H19NO3S. The van der Waals surface area contributed by atoms with Crippen LogP contribution in [0.25, 0.3) is 5.57 Å². The molecule has 2 aromatic rings. The largest absolute Gasteiger partial charge is 0.488 e. The average molecular weight is 329 g/mol. The first-order valence-electron chi connectivity index (χ1n) is 7.48. The summed E-state index contributed by atoms with van der Waals surface area (Å²) in [5, 5.41) is 11.3. The Labute approximate surface area is 139 Å². The highest BCUT2D eigenvalue weighted by Crippen LogP contribution is 2.40. The molecule has 0 atom stereocenters. The maximum atomic E-state index is 11.3. The maximum Gasteiger partial charge on any atom is 0.335 e. The van der Waals surface area contributed by atoms with Gasteiger partial charge in [-0.05, 0) is 55.7 Å². The Hall–Kier alpha value is -2.11. The Morgan fingerprint density at radius 2 is 2.22 bits per heavy atom. The number of carboxylic acids is 1. The fraction of sp³-hybridized carbons (Fsp3) is 0.278. The summed E-state index contributed by atoms with van der Waals surface area (Å²) in [5.41, 5.74) is 3.38. The molecular weight excluding hydrogens is 310 g/mol. The molecule has 23 heavy (non-hydrogen) atoms. The SMILES string of the molecule is CN(C)CC/C=C1/c2cc(C(=O)O)ccc2OCc2ccsc21. The highest BCUT2D eigenvalue weighted by molar-refractivity contribution is 7.11. The van der Waals surface area contributed by atoms with E-state index in [1.165, 1.54) is 4.88 Å². The van der Waals surface area contributed by atoms with Crippen molar-refractivity contribution >= 4 is 22.9 Å². The van der Waals surface area contributed by atoms with Crippen molar-refractivity contribution in [2.45, 2.75) is 13.0 Å². The summed E-state index contributed by atoms with van der Waals surface area (Å²) in [7, 11) is 4.09. The minimum Gasteiger partial charge on any atom is -0.488 e. The lowest BCUT2D eigenvalue weighted by Crippen LogP contribution is -2.12. The van der Waals surface area contributed by atoms with Crippen molar-refractivity contribution < 1.29 is 14.6 Å². The van der Waals surface area contributed by atoms with Crippen LogP contribution in [0.3, 0.4) is 0 Å². The fourth-order valence-corrected chi connectivity index (χ4v) is 3.60. The van der Waals surface area contributed by atoms with Gasteiger partial charge < -0.3 is 14.7 Å². The number of thiophene rings is 1. The monoisotopic (exact) mass is 329 g/mol. The Balaban J connectivity index is 2.09. The molecule has 0 radical (unpaired) electrons. The van der Waals surface area contributed by atoms with Crippen LogP contribution in [0.2, 0.25) is 0 Å². The molecule has 1 N–H and O–H groups in total. The van der Waals surface area contributed by atoms with E-state index in [0.717, 1.165) is 35.4 Å². The molecule has 0 amide bonds. The van der Waals surface area contributed by atoms with Crippen LogP contribution in [-0.4, -0.2) is 36.6 Å². The predicted molar refractivity (Wildman–Crippen MR) is 92.3 cm³/mol. The standard InChI is InChI=1S/C18H19NO3S/c1-19(2)8-3-4-14-15-10-12(18(20)21)5-6-16(15)22-11-13-7-9-23-17(13)14/h4-7,9-10H,3,8,11H2,1-2H3,(H,20,21)/b14-4-. The number of rotatable bonds is 4. The Kier molecular flexibility index (Phi) is 4.50. The molecule has 2 heterocycles. The van der Waals surface area contributed by atoms with Crippen molar-refractivity contribution in [2.75, 3.05) is 20.6 Å². The maximum absolute atomic E-state index is 11.3. The van der Waals surface area contributed by atoms with Crippen molar-refractivity contribution in [3.05, 3.63) is 57.3 Å². The zero-order valence-corrected chi connectivity index (χ0v) is 14.0. The summed E-state index contributed by atoms with van der Waals surface area (Å²) in [5.74, 6) is -0.175. The number of nitrogens with zero attached hydrogens (tertiary/aromatic N) is 1. The molecule has 0 saturated heterocycles. The predicted octanol–water partition coefficient (Wildman–Crippen LogP) is 3.72. The van der Waals surface area contributed by atoms with Gasteiger partial charge in [0.25, 0.3) is 0 Å². The third-order valence-electron chi connectivity index (χ3n) is 3.82. The van der Waals surface area contributed by atoms with E-state index >= 15 is 0 Å². The quantitative estimate of drug-likeness (QED) is 0.929. The van der Waals surface area contributed by atoms with Crippen molar-refractivity contribution in [3.8, 4) is 5.75 Å². The zero-order valence-electron chi connectivity index (χ0n) is 13.2. The average Bonchev–Trinajstić information content (AvgIpc) is 2.92. The van der Waals surface area contributed by atoms with Crippen LogP contribution < -0.4 is 4.74 Å². The number of ether oxygens (including phenoxy) is 1. The number of benzene rings is 1. The van der Waals surface area contributed by atoms with Gasteiger partial charge in [0, 0.05) is 22.5 Å². The van der Waals surface area contributed by atoms with Gasteiger partial charge in [-0.3, -0.25) is 0 Å². The second-order valence-electron chi connectivity index (χ2n) is 5.79. The van der Waals surface area contributed by atoms with E-state index in [1.807, 2.05) is 14.1 Å². The molecule has 5 heteroatoms. The van der Waals surface area contributed by atoms with E-state index in [4.69, 9.17) is 4.74 Å². The van der Waals surface area contributed by atoms with E-state index in [-0.39, 0.29) is 5.56 Å². The highest BCUT2D eigenvalue weighted by Gasteiger charge is 2.21. The molecule has 0 fully saturated rings. The summed E-state index contributed by atoms with van der Waals surface area (Å²) in [6, 6.07) is 7.14. The highest BCUT2D eigenvalue weighted by atomic mass is 32.1. The van der Waals surface area contributed by atoms with Gasteiger partial charge in [0.15, 0.2) is 0 Å². The molecule has 3 rings (SSSR count). The van der Waals surface area contributed by atoms with E-state index < -0.39 is 5.97 Å². The first kappa shape index (κ1) is 15.8. The molecule has 1 aliphatic rings. The molecule has 0 unspecified atom stereocenters. The number of aromatic carboxylic acids is 1. The van der Waals surface area contributed by atoms with E-state index in [9.17, 15) is 9.90 Å². The molecule has 1 aromatic heterocycles. The van der Waals surface area contributed by atoms with Gasteiger partial charge in [0.2, 0.25) is 0 Å². The van der Waals surface area contributed by atoms with Crippen LogP contribution in [-0.2, 0) is 6.61 Å². The molecule has 0 saturated carbocycles. The van der Waals surface area contributed by atoms with Gasteiger partial charge in [-0.2, -0.15) is 0 Å². The summed E-state index contributed by atoms with van der Waals surface area (Å²) < 4.78 is 5.89. The number of carboxylic acid groups (broad SMARTS) is 1. The van der Waals surface area contributed by atoms with Crippen molar-refractivity contribution in [2.24, 2.45) is 0 Å². The van der Waals surface area contributed by atoms with E-state index in [1.54, 1.807) is 29.5 Å². The third kappa shape index (κ3) is 3.30. The normalized spacial score (nSPS) is 15.0. The fourth-order valence-electron chi connectivity index (χ4n) is 2.63. The Morgan fingerprint density at radius 3 is 2.96 bits per heavy atom. The molecule has 0 spiro atoms. The number of fused-ring (bicyclic) bond motifs is 2. The first-order valence-corrected chi connectivity index (χ1v) is 8.36. The van der Waals surface area contributed by atoms with Crippen LogP contribution in [0.5, 0.6) is 5.75 Å². The number of hydrogen-bond acceptors (Lipinski definition) is 4. The third-order valence-corrected chi connectivity index (χ3v) is 4.81. The Morgan fingerprint density at radius 1 is 1.39 bits per heavy atom. The van der Waals surface area contributed by atoms with E-state index in [2.05, 4.69) is 22.4 Å². The zero-order chi connectivity index (χ0) is 16.4.